The van der Waals surface area contributed by atoms with E-state index in [1.807, 2.05) is 25.1 Å². The van der Waals surface area contributed by atoms with Gasteiger partial charge in [0.25, 0.3) is 0 Å². The van der Waals surface area contributed by atoms with E-state index in [0.29, 0.717) is 11.6 Å². The highest BCUT2D eigenvalue weighted by atomic mass is 35.5. The Morgan fingerprint density at radius 1 is 1.56 bits per heavy atom. The van der Waals surface area contributed by atoms with Crippen molar-refractivity contribution < 1.29 is 5.21 Å². The third-order valence-corrected chi connectivity index (χ3v) is 2.77. The van der Waals surface area contributed by atoms with Crippen LogP contribution in [0, 0.1) is 6.92 Å². The molecule has 6 nitrogen and oxygen atoms in total. The first kappa shape index (κ1) is 12.4. The zero-order chi connectivity index (χ0) is 13.1. The molecule has 0 bridgehead atoms. The standard InChI is InChI=1S/C11H12ClN5O/c1-7-2-3-8(9(12)4-7)5-17-6-14-11(15-17)10(13)16-18/h2-4,6,18H,5H2,1H3,(H2,13,16). The molecule has 0 radical (unpaired) electrons. The van der Waals surface area contributed by atoms with E-state index in [-0.39, 0.29) is 11.7 Å². The zero-order valence-electron chi connectivity index (χ0n) is 9.71. The molecule has 7 heteroatoms. The van der Waals surface area contributed by atoms with Crippen LogP contribution < -0.4 is 5.73 Å². The minimum absolute atomic E-state index is 0.122. The van der Waals surface area contributed by atoms with Gasteiger partial charge in [-0.25, -0.2) is 9.67 Å². The number of benzene rings is 1. The van der Waals surface area contributed by atoms with Crippen LogP contribution in [0.4, 0.5) is 0 Å². The molecule has 0 spiro atoms. The van der Waals surface area contributed by atoms with Crippen molar-refractivity contribution in [3.8, 4) is 0 Å². The molecule has 0 saturated heterocycles. The van der Waals surface area contributed by atoms with Crippen molar-refractivity contribution in [3.63, 3.8) is 0 Å². The first-order chi connectivity index (χ1) is 8.60. The van der Waals surface area contributed by atoms with Gasteiger partial charge in [0, 0.05) is 5.02 Å². The SMILES string of the molecule is Cc1ccc(Cn2cnc(/C(N)=N/O)n2)c(Cl)c1. The van der Waals surface area contributed by atoms with Gasteiger partial charge in [0.15, 0.2) is 0 Å². The number of nitrogens with two attached hydrogens (primary N) is 1. The molecule has 94 valence electrons. The van der Waals surface area contributed by atoms with Crippen LogP contribution in [0.5, 0.6) is 0 Å². The molecule has 0 amide bonds. The van der Waals surface area contributed by atoms with Crippen molar-refractivity contribution in [1.29, 1.82) is 0 Å². The van der Waals surface area contributed by atoms with Gasteiger partial charge in [-0.05, 0) is 24.1 Å². The smallest absolute Gasteiger partial charge is 0.219 e. The summed E-state index contributed by atoms with van der Waals surface area (Å²) < 4.78 is 1.57. The average molecular weight is 266 g/mol. The second kappa shape index (κ2) is 5.05. The molecule has 0 aliphatic heterocycles. The molecule has 0 aliphatic carbocycles. The Bertz CT molecular complexity index is 593. The number of aryl methyl sites for hydroxylation is 1. The lowest BCUT2D eigenvalue weighted by atomic mass is 10.1. The van der Waals surface area contributed by atoms with E-state index in [1.54, 1.807) is 4.68 Å². The number of nitrogens with zero attached hydrogens (tertiary/aromatic N) is 4. The maximum absolute atomic E-state index is 8.51. The van der Waals surface area contributed by atoms with Crippen LogP contribution in [0.1, 0.15) is 17.0 Å². The Kier molecular flexibility index (Phi) is 3.47. The number of oxime groups is 1. The quantitative estimate of drug-likeness (QED) is 0.380. The fourth-order valence-corrected chi connectivity index (χ4v) is 1.78. The van der Waals surface area contributed by atoms with Crippen LogP contribution in [0.15, 0.2) is 29.7 Å². The molecule has 0 saturated carbocycles. The topological polar surface area (TPSA) is 89.3 Å². The van der Waals surface area contributed by atoms with Crippen LogP contribution in [0.25, 0.3) is 0 Å². The van der Waals surface area contributed by atoms with E-state index in [1.165, 1.54) is 6.33 Å². The molecular formula is C11H12ClN5O. The fraction of sp³-hybridized carbons (Fsp3) is 0.182. The summed E-state index contributed by atoms with van der Waals surface area (Å²) in [5, 5.41) is 16.1. The van der Waals surface area contributed by atoms with Crippen molar-refractivity contribution in [1.82, 2.24) is 14.8 Å². The number of rotatable bonds is 3. The second-order valence-electron chi connectivity index (χ2n) is 3.85. The van der Waals surface area contributed by atoms with Gasteiger partial charge in [-0.15, -0.1) is 5.10 Å². The van der Waals surface area contributed by atoms with Crippen molar-refractivity contribution in [2.75, 3.05) is 0 Å². The molecule has 0 unspecified atom stereocenters. The minimum atomic E-state index is -0.122. The maximum Gasteiger partial charge on any atom is 0.219 e. The van der Waals surface area contributed by atoms with Gasteiger partial charge in [-0.3, -0.25) is 0 Å². The number of amidine groups is 1. The Morgan fingerprint density at radius 3 is 3.00 bits per heavy atom. The Labute approximate surface area is 109 Å². The normalized spacial score (nSPS) is 11.8. The van der Waals surface area contributed by atoms with Gasteiger partial charge in [-0.1, -0.05) is 28.9 Å². The summed E-state index contributed by atoms with van der Waals surface area (Å²) >= 11 is 6.13. The molecular weight excluding hydrogens is 254 g/mol. The highest BCUT2D eigenvalue weighted by Crippen LogP contribution is 2.18. The van der Waals surface area contributed by atoms with E-state index in [2.05, 4.69) is 15.2 Å². The van der Waals surface area contributed by atoms with E-state index in [0.717, 1.165) is 11.1 Å². The van der Waals surface area contributed by atoms with Gasteiger partial charge in [0.2, 0.25) is 11.7 Å². The van der Waals surface area contributed by atoms with Gasteiger partial charge < -0.3 is 10.9 Å². The second-order valence-corrected chi connectivity index (χ2v) is 4.25. The summed E-state index contributed by atoms with van der Waals surface area (Å²) in [7, 11) is 0. The maximum atomic E-state index is 8.51. The third kappa shape index (κ3) is 2.60. The Morgan fingerprint density at radius 2 is 2.33 bits per heavy atom. The molecule has 0 fully saturated rings. The Hall–Kier alpha value is -2.08. The first-order valence-corrected chi connectivity index (χ1v) is 5.60. The molecule has 2 aromatic rings. The molecule has 1 aromatic carbocycles. The zero-order valence-corrected chi connectivity index (χ0v) is 10.5. The van der Waals surface area contributed by atoms with E-state index < -0.39 is 0 Å². The lowest BCUT2D eigenvalue weighted by Gasteiger charge is -2.04. The van der Waals surface area contributed by atoms with Gasteiger partial charge in [-0.2, -0.15) is 0 Å². The van der Waals surface area contributed by atoms with Gasteiger partial charge in [0.05, 0.1) is 6.54 Å². The summed E-state index contributed by atoms with van der Waals surface area (Å²) in [5.74, 6) is 0.0597. The summed E-state index contributed by atoms with van der Waals surface area (Å²) in [6, 6.07) is 5.80. The number of aromatic nitrogens is 3. The number of hydrogen-bond acceptors (Lipinski definition) is 4. The minimum Gasteiger partial charge on any atom is -0.409 e. The molecule has 0 atom stereocenters. The lowest BCUT2D eigenvalue weighted by molar-refractivity contribution is 0.318. The van der Waals surface area contributed by atoms with Crippen LogP contribution in [0.2, 0.25) is 5.02 Å². The summed E-state index contributed by atoms with van der Waals surface area (Å²) in [4.78, 5) is 3.92. The van der Waals surface area contributed by atoms with Crippen LogP contribution in [-0.4, -0.2) is 25.8 Å². The van der Waals surface area contributed by atoms with Gasteiger partial charge in [0.1, 0.15) is 6.33 Å². The first-order valence-electron chi connectivity index (χ1n) is 5.22. The third-order valence-electron chi connectivity index (χ3n) is 2.41. The predicted octanol–water partition coefficient (Wildman–Crippen LogP) is 1.38. The summed E-state index contributed by atoms with van der Waals surface area (Å²) in [6.45, 7) is 2.45. The van der Waals surface area contributed by atoms with Gasteiger partial charge >= 0.3 is 0 Å². The predicted molar refractivity (Wildman–Crippen MR) is 67.8 cm³/mol. The highest BCUT2D eigenvalue weighted by molar-refractivity contribution is 6.31. The van der Waals surface area contributed by atoms with E-state index in [4.69, 9.17) is 22.5 Å². The molecule has 1 aromatic heterocycles. The van der Waals surface area contributed by atoms with Crippen LogP contribution in [0.3, 0.4) is 0 Å². The van der Waals surface area contributed by atoms with Crippen molar-refractivity contribution in [3.05, 3.63) is 46.5 Å². The number of halogens is 1. The molecule has 1 heterocycles. The summed E-state index contributed by atoms with van der Waals surface area (Å²) in [6.07, 6.45) is 1.50. The van der Waals surface area contributed by atoms with Crippen molar-refractivity contribution in [2.24, 2.45) is 10.9 Å². The molecule has 0 aliphatic rings. The Balaban J connectivity index is 2.21. The molecule has 3 N–H and O–H groups in total. The van der Waals surface area contributed by atoms with Crippen molar-refractivity contribution >= 4 is 17.4 Å². The van der Waals surface area contributed by atoms with Crippen LogP contribution in [-0.2, 0) is 6.54 Å². The molecule has 2 rings (SSSR count). The summed E-state index contributed by atoms with van der Waals surface area (Å²) in [5.41, 5.74) is 7.41. The van der Waals surface area contributed by atoms with E-state index >= 15 is 0 Å². The fourth-order valence-electron chi connectivity index (χ4n) is 1.49. The lowest BCUT2D eigenvalue weighted by Crippen LogP contribution is -2.15. The van der Waals surface area contributed by atoms with Crippen LogP contribution >= 0.6 is 11.6 Å². The average Bonchev–Trinajstić information content (AvgIpc) is 2.80. The highest BCUT2D eigenvalue weighted by Gasteiger charge is 2.07. The largest absolute Gasteiger partial charge is 0.409 e. The van der Waals surface area contributed by atoms with E-state index in [9.17, 15) is 0 Å². The molecule has 18 heavy (non-hydrogen) atoms. The van der Waals surface area contributed by atoms with Crippen molar-refractivity contribution in [2.45, 2.75) is 13.5 Å². The monoisotopic (exact) mass is 265 g/mol. The number of hydrogen-bond donors (Lipinski definition) is 2.